The number of benzene rings is 2. The van der Waals surface area contributed by atoms with Crippen LogP contribution in [0.5, 0.6) is 0 Å². The number of aryl methyl sites for hydroxylation is 1. The number of amides is 1. The fourth-order valence-electron chi connectivity index (χ4n) is 3.23. The average molecular weight is 505 g/mol. The van der Waals surface area contributed by atoms with Crippen molar-refractivity contribution in [3.8, 4) is 0 Å². The highest BCUT2D eigenvalue weighted by atomic mass is 32.2. The highest BCUT2D eigenvalue weighted by molar-refractivity contribution is 7.92. The van der Waals surface area contributed by atoms with E-state index in [0.29, 0.717) is 24.0 Å². The predicted molar refractivity (Wildman–Crippen MR) is 120 cm³/mol. The van der Waals surface area contributed by atoms with Crippen molar-refractivity contribution in [3.05, 3.63) is 69.8 Å². The van der Waals surface area contributed by atoms with Gasteiger partial charge < -0.3 is 5.32 Å². The van der Waals surface area contributed by atoms with E-state index < -0.39 is 51.0 Å². The smallest absolute Gasteiger partial charge is 0.346 e. The maximum absolute atomic E-state index is 14.2. The number of sulfonamides is 1. The monoisotopic (exact) mass is 504 g/mol. The second-order valence-corrected chi connectivity index (χ2v) is 9.67. The Morgan fingerprint density at radius 1 is 1.12 bits per heavy atom. The molecule has 186 valence electrons. The van der Waals surface area contributed by atoms with Crippen LogP contribution in [0.1, 0.15) is 55.5 Å². The second kappa shape index (κ2) is 10.5. The number of anilines is 1. The van der Waals surface area contributed by atoms with Gasteiger partial charge in [-0.25, -0.2) is 17.2 Å². The van der Waals surface area contributed by atoms with Gasteiger partial charge in [0, 0.05) is 5.57 Å². The lowest BCUT2D eigenvalue weighted by atomic mass is 9.98. The number of rotatable bonds is 8. The van der Waals surface area contributed by atoms with Crippen LogP contribution in [0.15, 0.2) is 35.9 Å². The fraction of sp³-hybridized carbons (Fsp3) is 0.348. The Balaban J connectivity index is 2.25. The quantitative estimate of drug-likeness (QED) is 0.364. The van der Waals surface area contributed by atoms with Crippen molar-refractivity contribution in [2.45, 2.75) is 45.8 Å². The van der Waals surface area contributed by atoms with E-state index in [0.717, 1.165) is 30.5 Å². The third-order valence-corrected chi connectivity index (χ3v) is 5.49. The van der Waals surface area contributed by atoms with Gasteiger partial charge >= 0.3 is 6.18 Å². The number of carbonyl (C=O) groups excluding carboxylic acids is 1. The van der Waals surface area contributed by atoms with Crippen molar-refractivity contribution >= 4 is 27.7 Å². The number of alkyl halides is 3. The van der Waals surface area contributed by atoms with Crippen LogP contribution in [0.25, 0.3) is 6.08 Å². The topological polar surface area (TPSA) is 75.3 Å². The highest BCUT2D eigenvalue weighted by Crippen LogP contribution is 2.31. The van der Waals surface area contributed by atoms with Gasteiger partial charge in [-0.05, 0) is 67.3 Å². The molecule has 2 N–H and O–H groups in total. The molecule has 0 spiro atoms. The number of hydrogen-bond donors (Lipinski definition) is 2. The largest absolute Gasteiger partial charge is 0.416 e. The first-order valence-corrected chi connectivity index (χ1v) is 12.2. The van der Waals surface area contributed by atoms with Gasteiger partial charge in [-0.1, -0.05) is 19.4 Å². The third-order valence-electron chi connectivity index (χ3n) is 4.92. The van der Waals surface area contributed by atoms with E-state index in [1.807, 2.05) is 6.92 Å². The molecule has 2 aromatic carbocycles. The van der Waals surface area contributed by atoms with E-state index in [4.69, 9.17) is 0 Å². The van der Waals surface area contributed by atoms with E-state index in [9.17, 15) is 35.2 Å². The molecule has 0 aliphatic carbocycles. The standard InChI is InChI=1S/C23H25F5N2O3S/c1-5-6-15-10-18(23(26,27)28)8-7-16(15)9-13(2)22(31)29-14(3)17-11-19(24)21(20(25)12-17)30-34(4,32)33/h7-12,14,30H,5-6H2,1-4H3,(H,29,31)/b13-9-/t14-/m1/s1. The molecule has 0 heterocycles. The minimum atomic E-state index is -4.48. The molecule has 5 nitrogen and oxygen atoms in total. The molecule has 0 fully saturated rings. The van der Waals surface area contributed by atoms with E-state index in [1.54, 1.807) is 4.72 Å². The van der Waals surface area contributed by atoms with E-state index in [1.165, 1.54) is 26.0 Å². The molecule has 0 aliphatic rings. The maximum Gasteiger partial charge on any atom is 0.416 e. The van der Waals surface area contributed by atoms with Crippen molar-refractivity contribution in [2.75, 3.05) is 11.0 Å². The minimum Gasteiger partial charge on any atom is -0.346 e. The molecule has 0 bridgehead atoms. The summed E-state index contributed by atoms with van der Waals surface area (Å²) in [6.45, 7) is 4.77. The summed E-state index contributed by atoms with van der Waals surface area (Å²) < 4.78 is 91.9. The van der Waals surface area contributed by atoms with Crippen molar-refractivity contribution in [3.63, 3.8) is 0 Å². The van der Waals surface area contributed by atoms with Gasteiger partial charge in [-0.15, -0.1) is 0 Å². The molecule has 0 saturated carbocycles. The molecule has 0 aromatic heterocycles. The van der Waals surface area contributed by atoms with Crippen LogP contribution in [0, 0.1) is 11.6 Å². The Bertz CT molecular complexity index is 1180. The van der Waals surface area contributed by atoms with Gasteiger partial charge in [0.1, 0.15) is 5.69 Å². The summed E-state index contributed by atoms with van der Waals surface area (Å²) in [6.07, 6.45) is -1.30. The SMILES string of the molecule is CCCc1cc(C(F)(F)F)ccc1/C=C(/C)C(=O)N[C@H](C)c1cc(F)c(NS(C)(=O)=O)c(F)c1. The van der Waals surface area contributed by atoms with Crippen molar-refractivity contribution in [2.24, 2.45) is 0 Å². The normalized spacial score (nSPS) is 13.5. The first kappa shape index (κ1) is 27.3. The van der Waals surface area contributed by atoms with Crippen LogP contribution in [-0.2, 0) is 27.4 Å². The Morgan fingerprint density at radius 3 is 2.21 bits per heavy atom. The zero-order chi connectivity index (χ0) is 25.8. The molecule has 2 rings (SSSR count). The summed E-state index contributed by atoms with van der Waals surface area (Å²) in [5.41, 5.74) is -0.468. The van der Waals surface area contributed by atoms with Gasteiger partial charge in [0.05, 0.1) is 17.9 Å². The Morgan fingerprint density at radius 2 is 1.71 bits per heavy atom. The second-order valence-electron chi connectivity index (χ2n) is 7.92. The van der Waals surface area contributed by atoms with Gasteiger partial charge in [0.25, 0.3) is 0 Å². The Kier molecular flexibility index (Phi) is 8.46. The maximum atomic E-state index is 14.2. The number of nitrogens with one attached hydrogen (secondary N) is 2. The molecule has 0 radical (unpaired) electrons. The van der Waals surface area contributed by atoms with Gasteiger partial charge in [0.2, 0.25) is 15.9 Å². The fourth-order valence-corrected chi connectivity index (χ4v) is 3.79. The van der Waals surface area contributed by atoms with Gasteiger partial charge in [-0.2, -0.15) is 13.2 Å². The lowest BCUT2D eigenvalue weighted by molar-refractivity contribution is -0.137. The van der Waals surface area contributed by atoms with Crippen LogP contribution in [0.4, 0.5) is 27.6 Å². The Hall–Kier alpha value is -2.95. The first-order chi connectivity index (χ1) is 15.6. The summed E-state index contributed by atoms with van der Waals surface area (Å²) in [6, 6.07) is 4.24. The molecule has 34 heavy (non-hydrogen) atoms. The zero-order valence-corrected chi connectivity index (χ0v) is 19.8. The lowest BCUT2D eigenvalue weighted by Crippen LogP contribution is -2.27. The molecule has 1 atom stereocenters. The van der Waals surface area contributed by atoms with Crippen molar-refractivity contribution in [1.29, 1.82) is 0 Å². The third kappa shape index (κ3) is 7.28. The minimum absolute atomic E-state index is 0.0522. The highest BCUT2D eigenvalue weighted by Gasteiger charge is 2.30. The van der Waals surface area contributed by atoms with Crippen LogP contribution in [-0.4, -0.2) is 20.6 Å². The summed E-state index contributed by atoms with van der Waals surface area (Å²) in [5, 5.41) is 2.57. The van der Waals surface area contributed by atoms with Crippen LogP contribution in [0.2, 0.25) is 0 Å². The van der Waals surface area contributed by atoms with Crippen LogP contribution >= 0.6 is 0 Å². The number of halogens is 5. The predicted octanol–water partition coefficient (Wildman–Crippen LogP) is 5.59. The zero-order valence-electron chi connectivity index (χ0n) is 19.0. The summed E-state index contributed by atoms with van der Waals surface area (Å²) in [7, 11) is -3.90. The summed E-state index contributed by atoms with van der Waals surface area (Å²) in [4.78, 5) is 12.6. The van der Waals surface area contributed by atoms with Crippen molar-refractivity contribution < 1.29 is 35.2 Å². The van der Waals surface area contributed by atoms with Gasteiger partial charge in [-0.3, -0.25) is 9.52 Å². The Labute approximate surface area is 195 Å². The summed E-state index contributed by atoms with van der Waals surface area (Å²) in [5.74, 6) is -2.89. The van der Waals surface area contributed by atoms with E-state index in [2.05, 4.69) is 5.32 Å². The van der Waals surface area contributed by atoms with E-state index >= 15 is 0 Å². The van der Waals surface area contributed by atoms with Crippen molar-refractivity contribution in [1.82, 2.24) is 5.32 Å². The molecular formula is C23H25F5N2O3S. The van der Waals surface area contributed by atoms with Crippen LogP contribution in [0.3, 0.4) is 0 Å². The summed E-state index contributed by atoms with van der Waals surface area (Å²) >= 11 is 0. The van der Waals surface area contributed by atoms with Crippen LogP contribution < -0.4 is 10.0 Å². The lowest BCUT2D eigenvalue weighted by Gasteiger charge is -2.17. The molecule has 0 saturated heterocycles. The van der Waals surface area contributed by atoms with Gasteiger partial charge in [0.15, 0.2) is 11.6 Å². The number of hydrogen-bond acceptors (Lipinski definition) is 3. The first-order valence-electron chi connectivity index (χ1n) is 10.3. The molecule has 0 unspecified atom stereocenters. The molecule has 2 aromatic rings. The average Bonchev–Trinajstić information content (AvgIpc) is 2.70. The molecule has 11 heteroatoms. The molecule has 0 aliphatic heterocycles. The molecular weight excluding hydrogens is 479 g/mol. The molecule has 1 amide bonds. The number of carbonyl (C=O) groups is 1. The van der Waals surface area contributed by atoms with E-state index in [-0.39, 0.29) is 11.1 Å².